The molecule has 146 valence electrons. The molecular weight excluding hydrogens is 364 g/mol. The molecule has 0 fully saturated rings. The Morgan fingerprint density at radius 3 is 2.48 bits per heavy atom. The van der Waals surface area contributed by atoms with E-state index in [0.29, 0.717) is 30.2 Å². The number of carbonyl (C=O) groups is 1. The molecule has 6 nitrogen and oxygen atoms in total. The lowest BCUT2D eigenvalue weighted by molar-refractivity contribution is -0.137. The van der Waals surface area contributed by atoms with Gasteiger partial charge in [-0.1, -0.05) is 37.3 Å². The number of anilines is 2. The highest BCUT2D eigenvalue weighted by Crippen LogP contribution is 2.28. The van der Waals surface area contributed by atoms with Crippen molar-refractivity contribution in [2.75, 3.05) is 4.90 Å². The van der Waals surface area contributed by atoms with Crippen LogP contribution in [0.2, 0.25) is 0 Å². The van der Waals surface area contributed by atoms with E-state index in [1.165, 1.54) is 0 Å². The fraction of sp³-hybridized carbons (Fsp3) is 0.217. The van der Waals surface area contributed by atoms with Crippen molar-refractivity contribution < 1.29 is 9.90 Å². The average molecular weight is 386 g/mol. The molecule has 0 spiro atoms. The fourth-order valence-corrected chi connectivity index (χ4v) is 3.15. The first-order valence-electron chi connectivity index (χ1n) is 9.47. The molecule has 0 aliphatic carbocycles. The topological polar surface area (TPSA) is 90.1 Å². The van der Waals surface area contributed by atoms with Crippen LogP contribution in [-0.2, 0) is 11.3 Å². The first-order chi connectivity index (χ1) is 14.1. The molecule has 1 atom stereocenters. The smallest absolute Gasteiger partial charge is 0.304 e. The minimum absolute atomic E-state index is 0.0303. The lowest BCUT2D eigenvalue weighted by atomic mass is 9.98. The Hall–Kier alpha value is -3.72. The van der Waals surface area contributed by atoms with Crippen molar-refractivity contribution in [1.82, 2.24) is 9.97 Å². The van der Waals surface area contributed by atoms with Gasteiger partial charge in [-0.05, 0) is 42.3 Å². The zero-order valence-electron chi connectivity index (χ0n) is 16.2. The van der Waals surface area contributed by atoms with E-state index in [4.69, 9.17) is 10.2 Å². The molecule has 0 saturated carbocycles. The summed E-state index contributed by atoms with van der Waals surface area (Å²) in [5.74, 6) is -0.515. The molecule has 29 heavy (non-hydrogen) atoms. The van der Waals surface area contributed by atoms with E-state index >= 15 is 0 Å². The first kappa shape index (κ1) is 20.0. The molecule has 1 unspecified atom stereocenters. The summed E-state index contributed by atoms with van der Waals surface area (Å²) >= 11 is 0. The summed E-state index contributed by atoms with van der Waals surface area (Å²) in [5, 5.41) is 18.3. The van der Waals surface area contributed by atoms with Gasteiger partial charge < -0.3 is 10.0 Å². The second-order valence-corrected chi connectivity index (χ2v) is 6.71. The van der Waals surface area contributed by atoms with Crippen molar-refractivity contribution in [1.29, 1.82) is 5.26 Å². The molecular formula is C23H22N4O2. The van der Waals surface area contributed by atoms with E-state index in [-0.39, 0.29) is 12.3 Å². The maximum absolute atomic E-state index is 11.2. The van der Waals surface area contributed by atoms with Crippen molar-refractivity contribution in [2.45, 2.75) is 32.2 Å². The second-order valence-electron chi connectivity index (χ2n) is 6.71. The molecule has 6 heteroatoms. The molecule has 0 saturated heterocycles. The molecule has 1 N–H and O–H groups in total. The number of rotatable bonds is 8. The quantitative estimate of drug-likeness (QED) is 0.606. The maximum atomic E-state index is 11.2. The van der Waals surface area contributed by atoms with E-state index in [2.05, 4.69) is 11.1 Å². The van der Waals surface area contributed by atoms with Crippen LogP contribution in [0.4, 0.5) is 11.6 Å². The van der Waals surface area contributed by atoms with Crippen LogP contribution in [0.25, 0.3) is 0 Å². The van der Waals surface area contributed by atoms with Gasteiger partial charge in [0, 0.05) is 23.5 Å². The number of aliphatic carboxylic acids is 1. The highest BCUT2D eigenvalue weighted by atomic mass is 16.4. The Labute approximate surface area is 170 Å². The molecule has 0 aliphatic rings. The molecule has 0 radical (unpaired) electrons. The predicted octanol–water partition coefficient (Wildman–Crippen LogP) is 4.65. The van der Waals surface area contributed by atoms with Gasteiger partial charge >= 0.3 is 5.97 Å². The van der Waals surface area contributed by atoms with Crippen LogP contribution in [0.5, 0.6) is 0 Å². The van der Waals surface area contributed by atoms with Crippen LogP contribution >= 0.6 is 0 Å². The number of hydrogen-bond donors (Lipinski definition) is 1. The van der Waals surface area contributed by atoms with Gasteiger partial charge in [0.05, 0.1) is 24.6 Å². The van der Waals surface area contributed by atoms with Crippen LogP contribution in [0.15, 0.2) is 66.9 Å². The minimum atomic E-state index is -0.842. The SMILES string of the molecule is CCC(CC(=O)O)c1ccnc(N(Cc2ccccc2)c2ccc(C#N)cc2)n1. The van der Waals surface area contributed by atoms with E-state index in [1.807, 2.05) is 54.3 Å². The number of nitriles is 1. The van der Waals surface area contributed by atoms with Gasteiger partial charge in [-0.25, -0.2) is 9.97 Å². The molecule has 1 aromatic heterocycles. The second kappa shape index (κ2) is 9.47. The molecule has 3 rings (SSSR count). The van der Waals surface area contributed by atoms with Crippen molar-refractivity contribution in [3.63, 3.8) is 0 Å². The summed E-state index contributed by atoms with van der Waals surface area (Å²) in [6.45, 7) is 2.50. The first-order valence-corrected chi connectivity index (χ1v) is 9.47. The summed E-state index contributed by atoms with van der Waals surface area (Å²) in [5.41, 5.74) is 3.24. The summed E-state index contributed by atoms with van der Waals surface area (Å²) in [7, 11) is 0. The summed E-state index contributed by atoms with van der Waals surface area (Å²) in [4.78, 5) is 22.3. The monoisotopic (exact) mass is 386 g/mol. The minimum Gasteiger partial charge on any atom is -0.481 e. The molecule has 0 bridgehead atoms. The van der Waals surface area contributed by atoms with Gasteiger partial charge in [-0.15, -0.1) is 0 Å². The Bertz CT molecular complexity index is 997. The Balaban J connectivity index is 2.00. The van der Waals surface area contributed by atoms with Crippen molar-refractivity contribution in [2.24, 2.45) is 0 Å². The Morgan fingerprint density at radius 1 is 1.14 bits per heavy atom. The van der Waals surface area contributed by atoms with Crippen molar-refractivity contribution >= 4 is 17.6 Å². The number of aromatic nitrogens is 2. The standard InChI is InChI=1S/C23H22N4O2/c1-2-19(14-22(28)29)21-12-13-25-23(26-21)27(16-18-6-4-3-5-7-18)20-10-8-17(15-24)9-11-20/h3-13,19H,2,14,16H2,1H3,(H,28,29). The molecule has 1 heterocycles. The van der Waals surface area contributed by atoms with Crippen LogP contribution in [0, 0.1) is 11.3 Å². The van der Waals surface area contributed by atoms with Crippen molar-refractivity contribution in [3.05, 3.63) is 83.7 Å². The number of nitrogens with zero attached hydrogens (tertiary/aromatic N) is 4. The van der Waals surface area contributed by atoms with Crippen molar-refractivity contribution in [3.8, 4) is 6.07 Å². The van der Waals surface area contributed by atoms with E-state index < -0.39 is 5.97 Å². The van der Waals surface area contributed by atoms with Gasteiger partial charge in [0.15, 0.2) is 0 Å². The molecule has 2 aromatic carbocycles. The third kappa shape index (κ3) is 5.17. The number of carboxylic acid groups (broad SMARTS) is 1. The van der Waals surface area contributed by atoms with Gasteiger partial charge in [-0.3, -0.25) is 4.79 Å². The lowest BCUT2D eigenvalue weighted by Crippen LogP contribution is -2.20. The molecule has 0 amide bonds. The third-order valence-corrected chi connectivity index (χ3v) is 4.73. The zero-order valence-corrected chi connectivity index (χ0v) is 16.2. The highest BCUT2D eigenvalue weighted by Gasteiger charge is 2.19. The van der Waals surface area contributed by atoms with E-state index in [0.717, 1.165) is 11.3 Å². The molecule has 3 aromatic rings. The third-order valence-electron chi connectivity index (χ3n) is 4.73. The van der Waals surface area contributed by atoms with Gasteiger partial charge in [0.2, 0.25) is 5.95 Å². The number of benzene rings is 2. The Morgan fingerprint density at radius 2 is 1.86 bits per heavy atom. The number of carboxylic acids is 1. The van der Waals surface area contributed by atoms with E-state index in [1.54, 1.807) is 24.4 Å². The van der Waals surface area contributed by atoms with Crippen LogP contribution < -0.4 is 4.90 Å². The largest absolute Gasteiger partial charge is 0.481 e. The summed E-state index contributed by atoms with van der Waals surface area (Å²) < 4.78 is 0. The normalized spacial score (nSPS) is 11.4. The van der Waals surface area contributed by atoms with E-state index in [9.17, 15) is 9.90 Å². The summed E-state index contributed by atoms with van der Waals surface area (Å²) in [6, 6.07) is 21.1. The number of hydrogen-bond acceptors (Lipinski definition) is 5. The van der Waals surface area contributed by atoms with Crippen LogP contribution in [-0.4, -0.2) is 21.0 Å². The highest BCUT2D eigenvalue weighted by molar-refractivity contribution is 5.68. The average Bonchev–Trinajstić information content (AvgIpc) is 2.76. The molecule has 0 aliphatic heterocycles. The van der Waals surface area contributed by atoms with Gasteiger partial charge in [-0.2, -0.15) is 5.26 Å². The van der Waals surface area contributed by atoms with Gasteiger partial charge in [0.25, 0.3) is 0 Å². The van der Waals surface area contributed by atoms with Gasteiger partial charge in [0.1, 0.15) is 0 Å². The Kier molecular flexibility index (Phi) is 6.54. The zero-order chi connectivity index (χ0) is 20.6. The lowest BCUT2D eigenvalue weighted by Gasteiger charge is -2.24. The maximum Gasteiger partial charge on any atom is 0.304 e. The summed E-state index contributed by atoms with van der Waals surface area (Å²) in [6.07, 6.45) is 2.38. The fourth-order valence-electron chi connectivity index (χ4n) is 3.15. The van der Waals surface area contributed by atoms with Crippen LogP contribution in [0.1, 0.15) is 42.5 Å². The van der Waals surface area contributed by atoms with Crippen LogP contribution in [0.3, 0.4) is 0 Å². The predicted molar refractivity (Wildman–Crippen MR) is 111 cm³/mol.